The van der Waals surface area contributed by atoms with Gasteiger partial charge in [-0.05, 0) is 25.0 Å². The largest absolute Gasteiger partial charge is 0.385 e. The van der Waals surface area contributed by atoms with Gasteiger partial charge in [-0.15, -0.1) is 0 Å². The Morgan fingerprint density at radius 2 is 1.29 bits per heavy atom. The number of unbranched alkanes of at least 4 members (excludes halogenated alkanes) is 6. The Kier molecular flexibility index (Phi) is 21.9. The molecule has 140 valence electrons. The predicted octanol–water partition coefficient (Wildman–Crippen LogP) is 3.36. The molecule has 5 heteroatoms. The van der Waals surface area contributed by atoms with E-state index >= 15 is 0 Å². The first-order valence-electron chi connectivity index (χ1n) is 8.91. The summed E-state index contributed by atoms with van der Waals surface area (Å²) in [6.07, 6.45) is 12.4. The van der Waals surface area contributed by atoms with Crippen molar-refractivity contribution in [2.75, 3.05) is 26.8 Å². The standard InChI is InChI=1S/C12H23NO.C7H13NO2/c1-3-5-6-7-8-9-10-11-13-12(14)4-2;1-3-7(9)8-5-4-6-10-2/h4H,2-3,5-11H2,1H3,(H,13,14);3H,1,4-6H2,2H3,(H,8,9). The van der Waals surface area contributed by atoms with E-state index in [-0.39, 0.29) is 11.8 Å². The van der Waals surface area contributed by atoms with E-state index in [0.29, 0.717) is 13.2 Å². The molecule has 0 aliphatic rings. The Balaban J connectivity index is 0. The topological polar surface area (TPSA) is 67.4 Å². The number of ether oxygens (including phenoxy) is 1. The average molecular weight is 341 g/mol. The highest BCUT2D eigenvalue weighted by Crippen LogP contribution is 2.06. The molecule has 0 heterocycles. The highest BCUT2D eigenvalue weighted by Gasteiger charge is 1.93. The first kappa shape index (κ1) is 24.6. The molecule has 0 radical (unpaired) electrons. The second kappa shape index (κ2) is 21.4. The molecule has 0 aliphatic heterocycles. The van der Waals surface area contributed by atoms with Crippen LogP contribution in [0.15, 0.2) is 25.3 Å². The molecule has 0 fully saturated rings. The average Bonchev–Trinajstić information content (AvgIpc) is 2.61. The molecular weight excluding hydrogens is 304 g/mol. The molecule has 2 N–H and O–H groups in total. The van der Waals surface area contributed by atoms with E-state index in [1.54, 1.807) is 7.11 Å². The lowest BCUT2D eigenvalue weighted by molar-refractivity contribution is -0.117. The monoisotopic (exact) mass is 340 g/mol. The van der Waals surface area contributed by atoms with E-state index in [9.17, 15) is 9.59 Å². The Morgan fingerprint density at radius 1 is 0.833 bits per heavy atom. The van der Waals surface area contributed by atoms with Crippen molar-refractivity contribution in [1.82, 2.24) is 10.6 Å². The highest BCUT2D eigenvalue weighted by atomic mass is 16.5. The minimum absolute atomic E-state index is 0.0593. The van der Waals surface area contributed by atoms with Crippen LogP contribution in [0.3, 0.4) is 0 Å². The van der Waals surface area contributed by atoms with Crippen LogP contribution in [0, 0.1) is 0 Å². The predicted molar refractivity (Wildman–Crippen MR) is 101 cm³/mol. The molecule has 2 amide bonds. The van der Waals surface area contributed by atoms with E-state index < -0.39 is 0 Å². The number of nitrogens with one attached hydrogen (secondary N) is 2. The summed E-state index contributed by atoms with van der Waals surface area (Å²) in [6.45, 7) is 11.1. The van der Waals surface area contributed by atoms with Crippen LogP contribution in [0.5, 0.6) is 0 Å². The van der Waals surface area contributed by atoms with Crippen LogP contribution < -0.4 is 10.6 Å². The summed E-state index contributed by atoms with van der Waals surface area (Å²) < 4.78 is 4.78. The third-order valence-corrected chi connectivity index (χ3v) is 3.27. The quantitative estimate of drug-likeness (QED) is 0.376. The molecule has 24 heavy (non-hydrogen) atoms. The zero-order valence-electron chi connectivity index (χ0n) is 15.6. The number of rotatable bonds is 14. The molecule has 0 saturated carbocycles. The fourth-order valence-corrected chi connectivity index (χ4v) is 1.87. The summed E-state index contributed by atoms with van der Waals surface area (Å²) in [5, 5.41) is 5.41. The number of carbonyl (C=O) groups excluding carboxylic acids is 2. The lowest BCUT2D eigenvalue weighted by Crippen LogP contribution is -2.22. The smallest absolute Gasteiger partial charge is 0.243 e. The van der Waals surface area contributed by atoms with Crippen molar-refractivity contribution in [1.29, 1.82) is 0 Å². The van der Waals surface area contributed by atoms with Gasteiger partial charge in [-0.3, -0.25) is 9.59 Å². The molecule has 0 aromatic carbocycles. The highest BCUT2D eigenvalue weighted by molar-refractivity contribution is 5.87. The third kappa shape index (κ3) is 22.7. The number of hydrogen-bond donors (Lipinski definition) is 2. The third-order valence-electron chi connectivity index (χ3n) is 3.27. The van der Waals surface area contributed by atoms with Gasteiger partial charge in [0.25, 0.3) is 0 Å². The van der Waals surface area contributed by atoms with Gasteiger partial charge >= 0.3 is 0 Å². The van der Waals surface area contributed by atoms with Crippen LogP contribution in [-0.2, 0) is 14.3 Å². The Bertz CT molecular complexity index is 331. The molecule has 0 aromatic rings. The molecule has 0 aromatic heterocycles. The molecule has 5 nitrogen and oxygen atoms in total. The van der Waals surface area contributed by atoms with Crippen molar-refractivity contribution in [3.05, 3.63) is 25.3 Å². The molecule has 0 bridgehead atoms. The van der Waals surface area contributed by atoms with E-state index in [4.69, 9.17) is 4.74 Å². The fraction of sp³-hybridized carbons (Fsp3) is 0.684. The van der Waals surface area contributed by atoms with E-state index in [2.05, 4.69) is 30.7 Å². The van der Waals surface area contributed by atoms with Crippen LogP contribution in [-0.4, -0.2) is 38.6 Å². The van der Waals surface area contributed by atoms with E-state index in [1.165, 1.54) is 50.7 Å². The minimum atomic E-state index is -0.129. The number of carbonyl (C=O) groups is 2. The maximum atomic E-state index is 10.8. The van der Waals surface area contributed by atoms with E-state index in [0.717, 1.165) is 19.4 Å². The fourth-order valence-electron chi connectivity index (χ4n) is 1.87. The number of hydrogen-bond acceptors (Lipinski definition) is 3. The molecule has 0 rings (SSSR count). The summed E-state index contributed by atoms with van der Waals surface area (Å²) >= 11 is 0. The van der Waals surface area contributed by atoms with Crippen molar-refractivity contribution in [3.8, 4) is 0 Å². The first-order valence-corrected chi connectivity index (χ1v) is 8.91. The van der Waals surface area contributed by atoms with Gasteiger partial charge in [-0.25, -0.2) is 0 Å². The molecule has 0 saturated heterocycles. The van der Waals surface area contributed by atoms with Crippen LogP contribution in [0.1, 0.15) is 58.3 Å². The summed E-state index contributed by atoms with van der Waals surface area (Å²) in [4.78, 5) is 21.3. The van der Waals surface area contributed by atoms with Gasteiger partial charge in [0.05, 0.1) is 0 Å². The Labute approximate surface area is 147 Å². The Morgan fingerprint density at radius 3 is 1.75 bits per heavy atom. The van der Waals surface area contributed by atoms with Gasteiger partial charge in [0.2, 0.25) is 11.8 Å². The van der Waals surface area contributed by atoms with Gasteiger partial charge in [0.1, 0.15) is 0 Å². The maximum absolute atomic E-state index is 10.8. The van der Waals surface area contributed by atoms with Gasteiger partial charge < -0.3 is 15.4 Å². The van der Waals surface area contributed by atoms with Gasteiger partial charge in [0, 0.05) is 26.8 Å². The van der Waals surface area contributed by atoms with Crippen LogP contribution >= 0.6 is 0 Å². The van der Waals surface area contributed by atoms with Gasteiger partial charge in [-0.2, -0.15) is 0 Å². The van der Waals surface area contributed by atoms with Gasteiger partial charge in [-0.1, -0.05) is 58.6 Å². The van der Waals surface area contributed by atoms with Crippen molar-refractivity contribution >= 4 is 11.8 Å². The lowest BCUT2D eigenvalue weighted by Gasteiger charge is -2.02. The van der Waals surface area contributed by atoms with Crippen molar-refractivity contribution in [3.63, 3.8) is 0 Å². The lowest BCUT2D eigenvalue weighted by atomic mass is 10.1. The molecular formula is C19H36N2O3. The Hall–Kier alpha value is -1.62. The number of amides is 2. The first-order chi connectivity index (χ1) is 11.6. The summed E-state index contributed by atoms with van der Waals surface area (Å²) in [5.74, 6) is -0.188. The van der Waals surface area contributed by atoms with Gasteiger partial charge in [0.15, 0.2) is 0 Å². The van der Waals surface area contributed by atoms with Crippen molar-refractivity contribution in [2.45, 2.75) is 58.3 Å². The molecule has 0 aliphatic carbocycles. The summed E-state index contributed by atoms with van der Waals surface area (Å²) in [6, 6.07) is 0. The van der Waals surface area contributed by atoms with Crippen LogP contribution in [0.25, 0.3) is 0 Å². The van der Waals surface area contributed by atoms with Crippen LogP contribution in [0.2, 0.25) is 0 Å². The second-order valence-corrected chi connectivity index (χ2v) is 5.46. The zero-order valence-corrected chi connectivity index (χ0v) is 15.6. The van der Waals surface area contributed by atoms with E-state index in [1.807, 2.05) is 0 Å². The molecule has 0 spiro atoms. The molecule has 0 unspecified atom stereocenters. The summed E-state index contributed by atoms with van der Waals surface area (Å²) in [5.41, 5.74) is 0. The van der Waals surface area contributed by atoms with Crippen LogP contribution in [0.4, 0.5) is 0 Å². The number of methoxy groups -OCH3 is 1. The SMILES string of the molecule is C=CC(=O)NCCCCCCCCC.C=CC(=O)NCCCOC. The minimum Gasteiger partial charge on any atom is -0.385 e. The maximum Gasteiger partial charge on any atom is 0.243 e. The second-order valence-electron chi connectivity index (χ2n) is 5.46. The zero-order chi connectivity index (χ0) is 18.5. The summed E-state index contributed by atoms with van der Waals surface area (Å²) in [7, 11) is 1.63. The van der Waals surface area contributed by atoms with Crippen molar-refractivity contribution < 1.29 is 14.3 Å². The molecule has 0 atom stereocenters. The van der Waals surface area contributed by atoms with Crippen molar-refractivity contribution in [2.24, 2.45) is 0 Å². The normalized spacial score (nSPS) is 9.42.